The lowest BCUT2D eigenvalue weighted by Crippen LogP contribution is -2.36. The minimum atomic E-state index is -0.384. The van der Waals surface area contributed by atoms with Gasteiger partial charge in [-0.05, 0) is 62.5 Å². The van der Waals surface area contributed by atoms with E-state index in [0.717, 1.165) is 70.2 Å². The molecule has 0 radical (unpaired) electrons. The Labute approximate surface area is 187 Å². The summed E-state index contributed by atoms with van der Waals surface area (Å²) in [6.07, 6.45) is 16.5. The van der Waals surface area contributed by atoms with Crippen LogP contribution in [0, 0.1) is 17.8 Å². The summed E-state index contributed by atoms with van der Waals surface area (Å²) in [6, 6.07) is 0. The molecule has 3 aliphatic rings. The third-order valence-electron chi connectivity index (χ3n) is 7.11. The zero-order valence-electron chi connectivity index (χ0n) is 18.7. The van der Waals surface area contributed by atoms with E-state index in [2.05, 4.69) is 19.1 Å². The van der Waals surface area contributed by atoms with Crippen molar-refractivity contribution in [2.75, 3.05) is 24.6 Å². The molecule has 0 aromatic heterocycles. The van der Waals surface area contributed by atoms with Crippen molar-refractivity contribution >= 4 is 17.7 Å². The van der Waals surface area contributed by atoms with E-state index in [9.17, 15) is 15.0 Å². The fraction of sp³-hybridized carbons (Fsp3) is 0.800. The van der Waals surface area contributed by atoms with Crippen molar-refractivity contribution in [2.24, 2.45) is 17.8 Å². The van der Waals surface area contributed by atoms with Crippen molar-refractivity contribution < 1.29 is 15.0 Å². The summed E-state index contributed by atoms with van der Waals surface area (Å²) in [5.41, 5.74) is 1.50. The topological polar surface area (TPSA) is 60.8 Å². The Balaban J connectivity index is 1.37. The van der Waals surface area contributed by atoms with Crippen molar-refractivity contribution in [1.82, 2.24) is 4.90 Å². The number of fused-ring (bicyclic) bond motifs is 1. The van der Waals surface area contributed by atoms with Crippen LogP contribution >= 0.6 is 11.8 Å². The third kappa shape index (κ3) is 6.86. The van der Waals surface area contributed by atoms with Crippen LogP contribution in [0.4, 0.5) is 0 Å². The van der Waals surface area contributed by atoms with Gasteiger partial charge in [0.05, 0.1) is 18.0 Å². The summed E-state index contributed by atoms with van der Waals surface area (Å²) < 4.78 is 0. The molecule has 5 heteroatoms. The molecule has 0 spiro atoms. The number of rotatable bonds is 11. The minimum Gasteiger partial charge on any atom is -0.392 e. The van der Waals surface area contributed by atoms with E-state index < -0.39 is 0 Å². The molecule has 2 aliphatic carbocycles. The highest BCUT2D eigenvalue weighted by molar-refractivity contribution is 7.99. The van der Waals surface area contributed by atoms with Crippen LogP contribution in [-0.4, -0.2) is 57.8 Å². The standard InChI is InChI=1S/C25H41NO3S/c1-2-3-5-8-21(27)9-10-22-23-16-19(15-20(23)17-24(22)28)11-14-30-18-25(29)26-12-6-4-7-13-26/h9-10,15,20-24,27-28H,2-8,11-14,16-18H2,1H3/b10-9+/t20-,21-,22+,23-,24+/m0/s1. The Morgan fingerprint density at radius 3 is 2.87 bits per heavy atom. The predicted octanol–water partition coefficient (Wildman–Crippen LogP) is 4.56. The Morgan fingerprint density at radius 2 is 2.10 bits per heavy atom. The molecule has 2 N–H and O–H groups in total. The maximum atomic E-state index is 12.3. The normalized spacial score (nSPS) is 30.0. The van der Waals surface area contributed by atoms with Gasteiger partial charge in [-0.1, -0.05) is 50.0 Å². The summed E-state index contributed by atoms with van der Waals surface area (Å²) in [7, 11) is 0. The lowest BCUT2D eigenvalue weighted by Gasteiger charge is -2.26. The fourth-order valence-electron chi connectivity index (χ4n) is 5.34. The molecule has 0 aromatic rings. The lowest BCUT2D eigenvalue weighted by molar-refractivity contribution is -0.129. The van der Waals surface area contributed by atoms with Crippen molar-refractivity contribution in [3.63, 3.8) is 0 Å². The summed E-state index contributed by atoms with van der Waals surface area (Å²) >= 11 is 1.77. The first-order valence-electron chi connectivity index (χ1n) is 12.2. The van der Waals surface area contributed by atoms with Crippen molar-refractivity contribution in [1.29, 1.82) is 0 Å². The van der Waals surface area contributed by atoms with Crippen LogP contribution < -0.4 is 0 Å². The van der Waals surface area contributed by atoms with Crippen LogP contribution in [-0.2, 0) is 4.79 Å². The third-order valence-corrected chi connectivity index (χ3v) is 8.05. The van der Waals surface area contributed by atoms with Gasteiger partial charge >= 0.3 is 0 Å². The average molecular weight is 436 g/mol. The molecule has 3 rings (SSSR count). The van der Waals surface area contributed by atoms with Gasteiger partial charge in [0.1, 0.15) is 0 Å². The molecule has 0 unspecified atom stereocenters. The highest BCUT2D eigenvalue weighted by Crippen LogP contribution is 2.48. The monoisotopic (exact) mass is 435 g/mol. The van der Waals surface area contributed by atoms with Crippen LogP contribution in [0.5, 0.6) is 0 Å². The van der Waals surface area contributed by atoms with Crippen LogP contribution in [0.25, 0.3) is 0 Å². The van der Waals surface area contributed by atoms with E-state index in [1.54, 1.807) is 11.8 Å². The average Bonchev–Trinajstić information content (AvgIpc) is 3.26. The molecule has 1 saturated carbocycles. The highest BCUT2D eigenvalue weighted by atomic mass is 32.2. The summed E-state index contributed by atoms with van der Waals surface area (Å²) in [5.74, 6) is 3.04. The summed E-state index contributed by atoms with van der Waals surface area (Å²) in [6.45, 7) is 4.06. The number of aliphatic hydroxyl groups excluding tert-OH is 2. The second kappa shape index (κ2) is 12.3. The number of carbonyl (C=O) groups excluding carboxylic acids is 1. The van der Waals surface area contributed by atoms with Crippen LogP contribution in [0.1, 0.15) is 71.1 Å². The van der Waals surface area contributed by atoms with E-state index in [0.29, 0.717) is 23.5 Å². The Hall–Kier alpha value is -0.780. The number of piperidine rings is 1. The maximum Gasteiger partial charge on any atom is 0.232 e. The number of likely N-dealkylation sites (tertiary alicyclic amines) is 1. The van der Waals surface area contributed by atoms with Gasteiger partial charge in [-0.25, -0.2) is 0 Å². The minimum absolute atomic E-state index is 0.165. The van der Waals surface area contributed by atoms with Crippen LogP contribution in [0.3, 0.4) is 0 Å². The van der Waals surface area contributed by atoms with Crippen molar-refractivity contribution in [2.45, 2.75) is 83.3 Å². The van der Waals surface area contributed by atoms with Gasteiger partial charge in [0, 0.05) is 19.0 Å². The quantitative estimate of drug-likeness (QED) is 0.369. The number of allylic oxidation sites excluding steroid dienone is 2. The number of unbranched alkanes of at least 4 members (excludes halogenated alkanes) is 2. The number of carbonyl (C=O) groups is 1. The molecule has 1 heterocycles. The Bertz CT molecular complexity index is 599. The van der Waals surface area contributed by atoms with Gasteiger partial charge in [0.2, 0.25) is 5.91 Å². The van der Waals surface area contributed by atoms with Gasteiger partial charge in [-0.3, -0.25) is 4.79 Å². The molecule has 0 aromatic carbocycles. The van der Waals surface area contributed by atoms with E-state index >= 15 is 0 Å². The summed E-state index contributed by atoms with van der Waals surface area (Å²) in [4.78, 5) is 14.3. The molecule has 2 fully saturated rings. The zero-order valence-corrected chi connectivity index (χ0v) is 19.5. The molecular formula is C25H41NO3S. The van der Waals surface area contributed by atoms with Crippen molar-refractivity contribution in [3.8, 4) is 0 Å². The number of nitrogens with zero attached hydrogens (tertiary/aromatic N) is 1. The number of thioether (sulfide) groups is 1. The molecular weight excluding hydrogens is 394 g/mol. The first kappa shape index (κ1) is 23.9. The van der Waals surface area contributed by atoms with Gasteiger partial charge in [-0.15, -0.1) is 0 Å². The molecule has 0 bridgehead atoms. The smallest absolute Gasteiger partial charge is 0.232 e. The van der Waals surface area contributed by atoms with Crippen molar-refractivity contribution in [3.05, 3.63) is 23.8 Å². The Morgan fingerprint density at radius 1 is 1.30 bits per heavy atom. The maximum absolute atomic E-state index is 12.3. The van der Waals surface area contributed by atoms with E-state index in [1.165, 1.54) is 18.4 Å². The molecule has 4 nitrogen and oxygen atoms in total. The lowest BCUT2D eigenvalue weighted by atomic mass is 9.88. The van der Waals surface area contributed by atoms with Gasteiger partial charge in [-0.2, -0.15) is 11.8 Å². The fourth-order valence-corrected chi connectivity index (χ4v) is 6.25. The molecule has 170 valence electrons. The van der Waals surface area contributed by atoms with E-state index in [-0.39, 0.29) is 18.1 Å². The predicted molar refractivity (Wildman–Crippen MR) is 125 cm³/mol. The van der Waals surface area contributed by atoms with Gasteiger partial charge < -0.3 is 15.1 Å². The molecule has 1 saturated heterocycles. The van der Waals surface area contributed by atoms with Gasteiger partial charge in [0.25, 0.3) is 0 Å². The first-order chi connectivity index (χ1) is 14.6. The number of amides is 1. The number of hydrogen-bond acceptors (Lipinski definition) is 4. The molecule has 1 aliphatic heterocycles. The number of hydrogen-bond donors (Lipinski definition) is 2. The molecule has 30 heavy (non-hydrogen) atoms. The SMILES string of the molecule is CCCCC[C@H](O)/C=C/[C@@H]1[C@H]2CC(CCSCC(=O)N3CCCCC3)=C[C@H]2C[C@H]1O. The molecule has 1 amide bonds. The number of aliphatic hydroxyl groups is 2. The summed E-state index contributed by atoms with van der Waals surface area (Å²) in [5, 5.41) is 20.7. The second-order valence-electron chi connectivity index (χ2n) is 9.43. The van der Waals surface area contributed by atoms with E-state index in [1.807, 2.05) is 11.0 Å². The molecule has 5 atom stereocenters. The first-order valence-corrected chi connectivity index (χ1v) is 13.3. The second-order valence-corrected chi connectivity index (χ2v) is 10.5. The highest BCUT2D eigenvalue weighted by Gasteiger charge is 2.43. The van der Waals surface area contributed by atoms with Gasteiger partial charge in [0.15, 0.2) is 0 Å². The Kier molecular flexibility index (Phi) is 9.79. The zero-order chi connectivity index (χ0) is 21.3. The van der Waals surface area contributed by atoms with E-state index in [4.69, 9.17) is 0 Å². The van der Waals surface area contributed by atoms with Crippen LogP contribution in [0.15, 0.2) is 23.8 Å². The largest absolute Gasteiger partial charge is 0.392 e. The van der Waals surface area contributed by atoms with Crippen LogP contribution in [0.2, 0.25) is 0 Å².